The molecule has 1 aromatic rings. The minimum Gasteiger partial charge on any atom is -0.491 e. The number of likely N-dealkylation sites (tertiary alicyclic amines) is 1. The topological polar surface area (TPSA) is 88.8 Å². The minimum absolute atomic E-state index is 0.0631. The van der Waals surface area contributed by atoms with E-state index >= 15 is 0 Å². The lowest BCUT2D eigenvalue weighted by molar-refractivity contribution is 0.0263. The normalized spacial score (nSPS) is 26.6. The average molecular weight is 413 g/mol. The van der Waals surface area contributed by atoms with E-state index in [1.54, 1.807) is 24.3 Å². The summed E-state index contributed by atoms with van der Waals surface area (Å²) in [6, 6.07) is 9.36. The molecule has 2 N–H and O–H groups in total. The van der Waals surface area contributed by atoms with Crippen LogP contribution in [0.15, 0.2) is 24.3 Å². The van der Waals surface area contributed by atoms with Crippen molar-refractivity contribution >= 4 is 6.03 Å². The molecule has 2 aliphatic carbocycles. The Morgan fingerprint density at radius 1 is 1.27 bits per heavy atom. The van der Waals surface area contributed by atoms with E-state index in [0.29, 0.717) is 41.7 Å². The van der Waals surface area contributed by atoms with Gasteiger partial charge in [0.15, 0.2) is 0 Å². The summed E-state index contributed by atoms with van der Waals surface area (Å²) in [5, 5.41) is 22.4. The summed E-state index contributed by atoms with van der Waals surface area (Å²) in [6.07, 6.45) is 4.19. The highest BCUT2D eigenvalue weighted by molar-refractivity contribution is 5.74. The largest absolute Gasteiger partial charge is 0.491 e. The molecule has 2 amide bonds. The first-order valence-corrected chi connectivity index (χ1v) is 11.1. The molecule has 3 atom stereocenters. The van der Waals surface area contributed by atoms with E-state index in [-0.39, 0.29) is 12.6 Å². The number of benzene rings is 1. The number of β-amino-alcohol motifs (C(OH)–C–C–N with tert-alkyl or cyclic N) is 1. The predicted octanol–water partition coefficient (Wildman–Crippen LogP) is 2.06. The van der Waals surface area contributed by atoms with E-state index in [0.717, 1.165) is 32.5 Å². The van der Waals surface area contributed by atoms with E-state index in [2.05, 4.69) is 16.3 Å². The SMILES string of the molecule is CN(C(=O)NCC1CC1)C1C2CCC1CN(CC(O)COc1ccc(C#N)cc1)C2. The number of ether oxygens (including phenoxy) is 1. The Morgan fingerprint density at radius 2 is 1.93 bits per heavy atom. The van der Waals surface area contributed by atoms with Crippen LogP contribution in [0.2, 0.25) is 0 Å². The quantitative estimate of drug-likeness (QED) is 0.682. The van der Waals surface area contributed by atoms with Crippen molar-refractivity contribution in [2.24, 2.45) is 17.8 Å². The van der Waals surface area contributed by atoms with Crippen LogP contribution in [-0.4, -0.2) is 72.9 Å². The smallest absolute Gasteiger partial charge is 0.317 e. The molecule has 2 saturated carbocycles. The molecule has 0 spiro atoms. The van der Waals surface area contributed by atoms with Crippen molar-refractivity contribution in [3.05, 3.63) is 29.8 Å². The van der Waals surface area contributed by atoms with Crippen LogP contribution in [0, 0.1) is 29.1 Å². The maximum Gasteiger partial charge on any atom is 0.317 e. The zero-order valence-electron chi connectivity index (χ0n) is 17.7. The third kappa shape index (κ3) is 5.05. The standard InChI is InChI=1S/C23H32N4O3/c1-26(23(29)25-11-17-2-3-17)22-18-6-7-19(22)13-27(12-18)14-20(28)15-30-21-8-4-16(10-24)5-9-21/h4-5,8-9,17-20,22,28H,2-3,6-7,11-15H2,1H3,(H,25,29). The van der Waals surface area contributed by atoms with E-state index in [1.807, 2.05) is 11.9 Å². The zero-order chi connectivity index (χ0) is 21.1. The number of amides is 2. The summed E-state index contributed by atoms with van der Waals surface area (Å²) in [4.78, 5) is 16.8. The number of nitriles is 1. The molecule has 1 aliphatic heterocycles. The lowest BCUT2D eigenvalue weighted by Crippen LogP contribution is -2.56. The lowest BCUT2D eigenvalue weighted by atomic mass is 9.91. The fraction of sp³-hybridized carbons (Fsp3) is 0.652. The number of aliphatic hydroxyl groups excluding tert-OH is 1. The van der Waals surface area contributed by atoms with Gasteiger partial charge in [0.05, 0.1) is 11.6 Å². The third-order valence-electron chi connectivity index (χ3n) is 6.76. The number of rotatable bonds is 8. The number of carbonyl (C=O) groups excluding carboxylic acids is 1. The van der Waals surface area contributed by atoms with Crippen LogP contribution in [0.3, 0.4) is 0 Å². The molecule has 0 aromatic heterocycles. The van der Waals surface area contributed by atoms with E-state index in [4.69, 9.17) is 10.00 Å². The van der Waals surface area contributed by atoms with Gasteiger partial charge in [-0.1, -0.05) is 0 Å². The summed E-state index contributed by atoms with van der Waals surface area (Å²) < 4.78 is 5.67. The van der Waals surface area contributed by atoms with Gasteiger partial charge in [-0.05, 0) is 67.7 Å². The number of hydrogen-bond acceptors (Lipinski definition) is 5. The summed E-state index contributed by atoms with van der Waals surface area (Å²) in [5.74, 6) is 2.28. The van der Waals surface area contributed by atoms with E-state index in [9.17, 15) is 9.90 Å². The summed E-state index contributed by atoms with van der Waals surface area (Å²) in [7, 11) is 1.94. The van der Waals surface area contributed by atoms with Crippen molar-refractivity contribution in [2.75, 3.05) is 39.8 Å². The van der Waals surface area contributed by atoms with Crippen LogP contribution < -0.4 is 10.1 Å². The predicted molar refractivity (Wildman–Crippen MR) is 113 cm³/mol. The monoisotopic (exact) mass is 412 g/mol. The van der Waals surface area contributed by atoms with Gasteiger partial charge in [-0.25, -0.2) is 4.79 Å². The Hall–Kier alpha value is -2.30. The number of hydrogen-bond donors (Lipinski definition) is 2. The van der Waals surface area contributed by atoms with Gasteiger partial charge in [-0.2, -0.15) is 5.26 Å². The van der Waals surface area contributed by atoms with Gasteiger partial charge in [-0.3, -0.25) is 4.90 Å². The maximum absolute atomic E-state index is 12.5. The Kier molecular flexibility index (Phi) is 6.45. The molecule has 1 aromatic carbocycles. The molecule has 4 rings (SSSR count). The third-order valence-corrected chi connectivity index (χ3v) is 6.76. The second-order valence-corrected chi connectivity index (χ2v) is 9.15. The van der Waals surface area contributed by atoms with Gasteiger partial charge in [-0.15, -0.1) is 0 Å². The molecule has 162 valence electrons. The first-order valence-electron chi connectivity index (χ1n) is 11.1. The Bertz CT molecular complexity index is 760. The van der Waals surface area contributed by atoms with Gasteiger partial charge in [0.1, 0.15) is 18.5 Å². The second kappa shape index (κ2) is 9.23. The fourth-order valence-electron chi connectivity index (χ4n) is 5.06. The van der Waals surface area contributed by atoms with Crippen LogP contribution >= 0.6 is 0 Å². The van der Waals surface area contributed by atoms with Crippen LogP contribution in [0.4, 0.5) is 4.79 Å². The minimum atomic E-state index is -0.573. The van der Waals surface area contributed by atoms with Crippen molar-refractivity contribution < 1.29 is 14.6 Å². The molecule has 0 radical (unpaired) electrons. The number of carbonyl (C=O) groups is 1. The highest BCUT2D eigenvalue weighted by Gasteiger charge is 2.45. The van der Waals surface area contributed by atoms with Crippen molar-refractivity contribution in [1.82, 2.24) is 15.1 Å². The number of nitrogens with one attached hydrogen (secondary N) is 1. The molecule has 1 heterocycles. The maximum atomic E-state index is 12.5. The van der Waals surface area contributed by atoms with Crippen molar-refractivity contribution in [1.29, 1.82) is 5.26 Å². The van der Waals surface area contributed by atoms with Gasteiger partial charge in [0, 0.05) is 39.3 Å². The molecular weight excluding hydrogens is 380 g/mol. The van der Waals surface area contributed by atoms with Gasteiger partial charge in [0.25, 0.3) is 0 Å². The Balaban J connectivity index is 1.23. The Labute approximate surface area is 178 Å². The molecule has 1 saturated heterocycles. The highest BCUT2D eigenvalue weighted by atomic mass is 16.5. The van der Waals surface area contributed by atoms with Gasteiger partial charge in [0.2, 0.25) is 0 Å². The molecule has 7 nitrogen and oxygen atoms in total. The lowest BCUT2D eigenvalue weighted by Gasteiger charge is -2.42. The average Bonchev–Trinajstić information content (AvgIpc) is 3.54. The fourth-order valence-corrected chi connectivity index (χ4v) is 5.06. The summed E-state index contributed by atoms with van der Waals surface area (Å²) in [6.45, 7) is 3.44. The molecule has 3 fully saturated rings. The number of piperidine rings is 1. The van der Waals surface area contributed by atoms with Crippen LogP contribution in [0.25, 0.3) is 0 Å². The number of urea groups is 1. The summed E-state index contributed by atoms with van der Waals surface area (Å²) in [5.41, 5.74) is 0.590. The number of aliphatic hydroxyl groups is 1. The number of fused-ring (bicyclic) bond motifs is 2. The van der Waals surface area contributed by atoms with Gasteiger partial charge < -0.3 is 20.1 Å². The molecule has 2 bridgehead atoms. The van der Waals surface area contributed by atoms with E-state index in [1.165, 1.54) is 12.8 Å². The molecule has 3 unspecified atom stereocenters. The Morgan fingerprint density at radius 3 is 2.53 bits per heavy atom. The molecule has 30 heavy (non-hydrogen) atoms. The van der Waals surface area contributed by atoms with Crippen LogP contribution in [0.1, 0.15) is 31.2 Å². The highest BCUT2D eigenvalue weighted by Crippen LogP contribution is 2.39. The first kappa shape index (κ1) is 21.0. The molecular formula is C23H32N4O3. The number of nitrogens with zero attached hydrogens (tertiary/aromatic N) is 3. The van der Waals surface area contributed by atoms with Crippen molar-refractivity contribution in [2.45, 2.75) is 37.8 Å². The van der Waals surface area contributed by atoms with E-state index < -0.39 is 6.10 Å². The van der Waals surface area contributed by atoms with Crippen molar-refractivity contribution in [3.8, 4) is 11.8 Å². The van der Waals surface area contributed by atoms with Crippen molar-refractivity contribution in [3.63, 3.8) is 0 Å². The van der Waals surface area contributed by atoms with Gasteiger partial charge >= 0.3 is 6.03 Å². The second-order valence-electron chi connectivity index (χ2n) is 9.15. The van der Waals surface area contributed by atoms with Crippen LogP contribution in [-0.2, 0) is 0 Å². The molecule has 7 heteroatoms. The molecule has 3 aliphatic rings. The first-order chi connectivity index (χ1) is 14.5. The summed E-state index contributed by atoms with van der Waals surface area (Å²) >= 11 is 0. The van der Waals surface area contributed by atoms with Crippen LogP contribution in [0.5, 0.6) is 5.75 Å². The zero-order valence-corrected chi connectivity index (χ0v) is 17.7.